The van der Waals surface area contributed by atoms with E-state index in [1.807, 2.05) is 53.4 Å². The lowest BCUT2D eigenvalue weighted by molar-refractivity contribution is 0.102. The van der Waals surface area contributed by atoms with Crippen LogP contribution in [0.15, 0.2) is 91.5 Å². The maximum absolute atomic E-state index is 12.5. The molecule has 0 radical (unpaired) electrons. The van der Waals surface area contributed by atoms with Crippen molar-refractivity contribution in [3.63, 3.8) is 0 Å². The minimum atomic E-state index is -0.181. The highest BCUT2D eigenvalue weighted by atomic mass is 35.5. The van der Waals surface area contributed by atoms with E-state index in [-0.39, 0.29) is 5.91 Å². The maximum Gasteiger partial charge on any atom is 0.255 e. The highest BCUT2D eigenvalue weighted by Crippen LogP contribution is 2.31. The van der Waals surface area contributed by atoms with Crippen molar-refractivity contribution in [2.24, 2.45) is 0 Å². The monoisotopic (exact) mass is 415 g/mol. The van der Waals surface area contributed by atoms with Crippen molar-refractivity contribution in [3.05, 3.63) is 103 Å². The zero-order chi connectivity index (χ0) is 20.8. The molecule has 0 unspecified atom stereocenters. The van der Waals surface area contributed by atoms with Crippen LogP contribution in [0.2, 0.25) is 0 Å². The summed E-state index contributed by atoms with van der Waals surface area (Å²) in [5.74, 6) is 0.767. The molecule has 148 valence electrons. The lowest BCUT2D eigenvalue weighted by Gasteiger charge is -2.22. The van der Waals surface area contributed by atoms with Gasteiger partial charge in [-0.15, -0.1) is 11.6 Å². The number of anilines is 4. The first-order valence-electron chi connectivity index (χ1n) is 9.28. The third kappa shape index (κ3) is 4.45. The average Bonchev–Trinajstić information content (AvgIpc) is 2.82. The van der Waals surface area contributed by atoms with Crippen molar-refractivity contribution in [2.45, 2.75) is 5.88 Å². The molecule has 0 aliphatic heterocycles. The predicted molar refractivity (Wildman–Crippen MR) is 118 cm³/mol. The zero-order valence-electron chi connectivity index (χ0n) is 15.9. The van der Waals surface area contributed by atoms with Crippen molar-refractivity contribution in [1.29, 1.82) is 0 Å². The van der Waals surface area contributed by atoms with Gasteiger partial charge in [0.25, 0.3) is 5.91 Å². The smallest absolute Gasteiger partial charge is 0.255 e. The second kappa shape index (κ2) is 9.15. The third-order valence-electron chi connectivity index (χ3n) is 4.41. The molecule has 0 fully saturated rings. The van der Waals surface area contributed by atoms with E-state index in [1.165, 1.54) is 0 Å². The Morgan fingerprint density at radius 2 is 1.60 bits per heavy atom. The molecule has 0 atom stereocenters. The molecule has 0 aliphatic rings. The van der Waals surface area contributed by atoms with Crippen LogP contribution in [0.3, 0.4) is 0 Å². The summed E-state index contributed by atoms with van der Waals surface area (Å²) in [4.78, 5) is 27.3. The van der Waals surface area contributed by atoms with Crippen LogP contribution in [0.5, 0.6) is 0 Å². The van der Waals surface area contributed by atoms with Crippen molar-refractivity contribution in [3.8, 4) is 0 Å². The molecule has 6 nitrogen and oxygen atoms in total. The van der Waals surface area contributed by atoms with E-state index in [0.717, 1.165) is 16.9 Å². The van der Waals surface area contributed by atoms with E-state index >= 15 is 0 Å². The molecule has 0 saturated heterocycles. The zero-order valence-corrected chi connectivity index (χ0v) is 16.7. The van der Waals surface area contributed by atoms with Gasteiger partial charge >= 0.3 is 0 Å². The molecular formula is C23H18ClN5O. The van der Waals surface area contributed by atoms with Gasteiger partial charge in [-0.3, -0.25) is 14.7 Å². The molecule has 30 heavy (non-hydrogen) atoms. The number of benzene rings is 2. The lowest BCUT2D eigenvalue weighted by Crippen LogP contribution is -2.14. The van der Waals surface area contributed by atoms with Gasteiger partial charge in [-0.25, -0.2) is 9.97 Å². The molecule has 1 N–H and O–H groups in total. The van der Waals surface area contributed by atoms with Crippen molar-refractivity contribution >= 4 is 40.5 Å². The topological polar surface area (TPSA) is 71.0 Å². The molecule has 2 heterocycles. The number of hydrogen-bond acceptors (Lipinski definition) is 5. The fourth-order valence-corrected chi connectivity index (χ4v) is 3.09. The molecule has 0 aliphatic carbocycles. The van der Waals surface area contributed by atoms with Gasteiger partial charge in [0.2, 0.25) is 5.95 Å². The molecule has 1 amide bonds. The fraction of sp³-hybridized carbons (Fsp3) is 0.0435. The average molecular weight is 416 g/mol. The predicted octanol–water partition coefficient (Wildman–Crippen LogP) is 5.33. The van der Waals surface area contributed by atoms with Crippen LogP contribution < -0.4 is 10.2 Å². The number of rotatable bonds is 6. The summed E-state index contributed by atoms with van der Waals surface area (Å²) in [6, 6.07) is 20.2. The number of nitrogens with zero attached hydrogens (tertiary/aromatic N) is 4. The Kier molecular flexibility index (Phi) is 5.96. The lowest BCUT2D eigenvalue weighted by atomic mass is 10.1. The van der Waals surface area contributed by atoms with Crippen LogP contribution in [0.25, 0.3) is 0 Å². The minimum Gasteiger partial charge on any atom is -0.322 e. The maximum atomic E-state index is 12.5. The summed E-state index contributed by atoms with van der Waals surface area (Å²) in [5.41, 5.74) is 3.91. The molecule has 0 bridgehead atoms. The Morgan fingerprint density at radius 3 is 2.23 bits per heavy atom. The quantitative estimate of drug-likeness (QED) is 0.431. The fourth-order valence-electron chi connectivity index (χ4n) is 2.92. The van der Waals surface area contributed by atoms with Crippen LogP contribution >= 0.6 is 11.6 Å². The van der Waals surface area contributed by atoms with Crippen molar-refractivity contribution in [2.75, 3.05) is 10.2 Å². The molecule has 2 aromatic carbocycles. The van der Waals surface area contributed by atoms with Crippen LogP contribution in [0, 0.1) is 0 Å². The van der Waals surface area contributed by atoms with Gasteiger partial charge in [0.05, 0.1) is 11.9 Å². The summed E-state index contributed by atoms with van der Waals surface area (Å²) < 4.78 is 0. The molecule has 0 spiro atoms. The number of nitrogens with one attached hydrogen (secondary N) is 1. The van der Waals surface area contributed by atoms with E-state index in [9.17, 15) is 4.79 Å². The molecule has 4 rings (SSSR count). The highest BCUT2D eigenvalue weighted by molar-refractivity contribution is 6.17. The van der Waals surface area contributed by atoms with E-state index in [0.29, 0.717) is 23.1 Å². The molecule has 7 heteroatoms. The largest absolute Gasteiger partial charge is 0.322 e. The van der Waals surface area contributed by atoms with Crippen LogP contribution in [-0.4, -0.2) is 20.9 Å². The van der Waals surface area contributed by atoms with E-state index in [1.54, 1.807) is 43.0 Å². The number of halogens is 1. The summed E-state index contributed by atoms with van der Waals surface area (Å²) in [6.45, 7) is 0. The number of amides is 1. The van der Waals surface area contributed by atoms with Crippen LogP contribution in [-0.2, 0) is 5.88 Å². The van der Waals surface area contributed by atoms with Crippen molar-refractivity contribution in [1.82, 2.24) is 15.0 Å². The number of aromatic nitrogens is 3. The summed E-state index contributed by atoms with van der Waals surface area (Å²) in [6.07, 6.45) is 6.84. The van der Waals surface area contributed by atoms with Gasteiger partial charge in [0.1, 0.15) is 0 Å². The standard InChI is InChI=1S/C23H18ClN5O/c24-15-17-4-6-18(7-5-17)22(30)28-19-8-10-20(11-9-19)29(21-3-1-12-25-16-21)23-26-13-2-14-27-23/h1-14,16H,15H2,(H,28,30). The number of carbonyl (C=O) groups excluding carboxylic acids is 1. The number of pyridine rings is 1. The summed E-state index contributed by atoms with van der Waals surface area (Å²) in [5, 5.41) is 2.91. The van der Waals surface area contributed by atoms with Gasteiger partial charge in [-0.1, -0.05) is 12.1 Å². The number of carbonyl (C=O) groups is 1. The Hall–Kier alpha value is -3.77. The molecule has 2 aromatic heterocycles. The minimum absolute atomic E-state index is 0.181. The Balaban J connectivity index is 1.57. The van der Waals surface area contributed by atoms with E-state index < -0.39 is 0 Å². The van der Waals surface area contributed by atoms with Gasteiger partial charge in [-0.2, -0.15) is 0 Å². The SMILES string of the molecule is O=C(Nc1ccc(N(c2cccnc2)c2ncccn2)cc1)c1ccc(CCl)cc1. The van der Waals surface area contributed by atoms with Gasteiger partial charge in [0.15, 0.2) is 0 Å². The van der Waals surface area contributed by atoms with E-state index in [2.05, 4.69) is 20.3 Å². The second-order valence-corrected chi connectivity index (χ2v) is 6.69. The number of hydrogen-bond donors (Lipinski definition) is 1. The normalized spacial score (nSPS) is 10.4. The first-order chi connectivity index (χ1) is 14.7. The Labute approximate surface area is 179 Å². The highest BCUT2D eigenvalue weighted by Gasteiger charge is 2.15. The summed E-state index contributed by atoms with van der Waals surface area (Å²) >= 11 is 5.80. The Bertz CT molecular complexity index is 1060. The molecule has 0 saturated carbocycles. The third-order valence-corrected chi connectivity index (χ3v) is 4.72. The second-order valence-electron chi connectivity index (χ2n) is 6.43. The molecule has 4 aromatic rings. The van der Waals surface area contributed by atoms with Gasteiger partial charge in [-0.05, 0) is 60.2 Å². The van der Waals surface area contributed by atoms with E-state index in [4.69, 9.17) is 11.6 Å². The number of alkyl halides is 1. The Morgan fingerprint density at radius 1 is 0.867 bits per heavy atom. The van der Waals surface area contributed by atoms with Crippen LogP contribution in [0.1, 0.15) is 15.9 Å². The van der Waals surface area contributed by atoms with Gasteiger partial charge in [0, 0.05) is 41.4 Å². The van der Waals surface area contributed by atoms with Crippen LogP contribution in [0.4, 0.5) is 23.0 Å². The van der Waals surface area contributed by atoms with Gasteiger partial charge < -0.3 is 5.32 Å². The first-order valence-corrected chi connectivity index (χ1v) is 9.81. The summed E-state index contributed by atoms with van der Waals surface area (Å²) in [7, 11) is 0. The first kappa shape index (κ1) is 19.5. The van der Waals surface area contributed by atoms with Crippen molar-refractivity contribution < 1.29 is 4.79 Å². The molecular weight excluding hydrogens is 398 g/mol.